The number of carbonyl (C=O) groups is 3. The molecule has 20 heteroatoms. The zero-order chi connectivity index (χ0) is 50.2. The Labute approximate surface area is 395 Å². The zero-order valence-electron chi connectivity index (χ0n) is 40.1. The van der Waals surface area contributed by atoms with Crippen LogP contribution >= 0.6 is 0 Å². The highest BCUT2D eigenvalue weighted by molar-refractivity contribution is 5.95. The number of carboxylic acid groups (broad SMARTS) is 2. The van der Waals surface area contributed by atoms with E-state index in [-0.39, 0.29) is 29.5 Å². The molecular weight excluding hydrogens is 897 g/mol. The van der Waals surface area contributed by atoms with Crippen molar-refractivity contribution in [3.8, 4) is 0 Å². The Morgan fingerprint density at radius 2 is 1.31 bits per heavy atom. The van der Waals surface area contributed by atoms with Crippen LogP contribution in [0.2, 0.25) is 0 Å². The first kappa shape index (κ1) is 52.1. The van der Waals surface area contributed by atoms with E-state index in [1.165, 1.54) is 6.92 Å². The van der Waals surface area contributed by atoms with Gasteiger partial charge in [-0.25, -0.2) is 4.79 Å². The number of allylic oxidation sites excluding steroid dienone is 2. The molecule has 3 saturated heterocycles. The Hall–Kier alpha value is -2.25. The van der Waals surface area contributed by atoms with Crippen molar-refractivity contribution in [3.63, 3.8) is 0 Å². The summed E-state index contributed by atoms with van der Waals surface area (Å²) in [5, 5.41) is 118. The van der Waals surface area contributed by atoms with Crippen LogP contribution < -0.4 is 0 Å². The lowest BCUT2D eigenvalue weighted by Crippen LogP contribution is -2.68. The number of hydrogen-bond donors (Lipinski definition) is 11. The van der Waals surface area contributed by atoms with E-state index in [0.717, 1.165) is 18.4 Å². The van der Waals surface area contributed by atoms with Crippen LogP contribution in [0.4, 0.5) is 0 Å². The van der Waals surface area contributed by atoms with E-state index in [9.17, 15) is 65.8 Å². The van der Waals surface area contributed by atoms with Gasteiger partial charge in [0, 0.05) is 5.92 Å². The molecule has 25 atom stereocenters. The first-order chi connectivity index (χ1) is 31.5. The van der Waals surface area contributed by atoms with Gasteiger partial charge in [-0.1, -0.05) is 47.1 Å². The lowest BCUT2D eigenvalue weighted by molar-refractivity contribution is -0.395. The van der Waals surface area contributed by atoms with Gasteiger partial charge in [-0.2, -0.15) is 0 Å². The Morgan fingerprint density at radius 1 is 0.691 bits per heavy atom. The molecule has 8 aliphatic rings. The van der Waals surface area contributed by atoms with Gasteiger partial charge in [-0.3, -0.25) is 9.59 Å². The predicted molar refractivity (Wildman–Crippen MR) is 231 cm³/mol. The smallest absolute Gasteiger partial charge is 0.335 e. The van der Waals surface area contributed by atoms with Gasteiger partial charge in [0.1, 0.15) is 61.0 Å². The molecule has 4 saturated carbocycles. The first-order valence-electron chi connectivity index (χ1n) is 24.2. The van der Waals surface area contributed by atoms with Gasteiger partial charge in [0.25, 0.3) is 0 Å². The maximum Gasteiger partial charge on any atom is 0.335 e. The third-order valence-electron chi connectivity index (χ3n) is 19.4. The lowest BCUT2D eigenvalue weighted by Gasteiger charge is -2.70. The normalized spacial score (nSPS) is 54.6. The third-order valence-corrected chi connectivity index (χ3v) is 19.4. The van der Waals surface area contributed by atoms with Gasteiger partial charge in [-0.05, 0) is 110 Å². The van der Waals surface area contributed by atoms with Gasteiger partial charge < -0.3 is 84.6 Å². The number of ketones is 1. The molecule has 68 heavy (non-hydrogen) atoms. The summed E-state index contributed by atoms with van der Waals surface area (Å²) in [6.07, 6.45) is -22.3. The van der Waals surface area contributed by atoms with Gasteiger partial charge in [-0.15, -0.1) is 0 Å². The second-order valence-corrected chi connectivity index (χ2v) is 23.5. The minimum atomic E-state index is -2.09. The number of aliphatic hydroxyl groups is 9. The van der Waals surface area contributed by atoms with Crippen LogP contribution in [0.25, 0.3) is 0 Å². The number of fused-ring (bicyclic) bond motifs is 7. The van der Waals surface area contributed by atoms with Crippen molar-refractivity contribution >= 4 is 17.7 Å². The molecule has 0 aromatic carbocycles. The highest BCUT2D eigenvalue weighted by Gasteiger charge is 2.71. The molecule has 0 aromatic heterocycles. The topological polar surface area (TPSA) is 329 Å². The number of ether oxygens (including phenoxy) is 6. The van der Waals surface area contributed by atoms with Crippen molar-refractivity contribution in [2.24, 2.45) is 50.2 Å². The lowest BCUT2D eigenvalue weighted by atomic mass is 9.33. The third kappa shape index (κ3) is 7.77. The van der Waals surface area contributed by atoms with Gasteiger partial charge in [0.2, 0.25) is 0 Å². The summed E-state index contributed by atoms with van der Waals surface area (Å²) in [7, 11) is 0. The summed E-state index contributed by atoms with van der Waals surface area (Å²) in [6, 6.07) is 0. The van der Waals surface area contributed by atoms with Crippen molar-refractivity contribution in [1.29, 1.82) is 0 Å². The molecular formula is C48H74O20. The molecule has 0 bridgehead atoms. The molecule has 0 amide bonds. The van der Waals surface area contributed by atoms with Crippen molar-refractivity contribution in [1.82, 2.24) is 0 Å². The summed E-state index contributed by atoms with van der Waals surface area (Å²) in [4.78, 5) is 40.1. The fraction of sp³-hybridized carbons (Fsp3) is 0.896. The van der Waals surface area contributed by atoms with Crippen LogP contribution in [0, 0.1) is 50.2 Å². The number of hydrogen-bond acceptors (Lipinski definition) is 18. The van der Waals surface area contributed by atoms with Gasteiger partial charge in [0.15, 0.2) is 30.8 Å². The quantitative estimate of drug-likeness (QED) is 0.135. The van der Waals surface area contributed by atoms with Crippen molar-refractivity contribution in [3.05, 3.63) is 11.6 Å². The number of carbonyl (C=O) groups excluding carboxylic acids is 1. The Balaban J connectivity index is 1.08. The summed E-state index contributed by atoms with van der Waals surface area (Å²) in [6.45, 7) is 14.9. The second kappa shape index (κ2) is 17.8. The highest BCUT2D eigenvalue weighted by atomic mass is 16.8. The fourth-order valence-electron chi connectivity index (χ4n) is 14.9. The molecule has 3 aliphatic heterocycles. The van der Waals surface area contributed by atoms with E-state index < -0.39 is 156 Å². The highest BCUT2D eigenvalue weighted by Crippen LogP contribution is 2.75. The molecule has 7 fully saturated rings. The number of rotatable bonds is 9. The predicted octanol–water partition coefficient (Wildman–Crippen LogP) is -0.0241. The van der Waals surface area contributed by atoms with Crippen LogP contribution in [0.15, 0.2) is 11.6 Å². The molecule has 0 spiro atoms. The van der Waals surface area contributed by atoms with E-state index in [4.69, 9.17) is 28.4 Å². The van der Waals surface area contributed by atoms with E-state index in [0.29, 0.717) is 32.1 Å². The Bertz CT molecular complexity index is 1980. The standard InChI is InChI=1S/C48H74O20/c1-19-27(52)29(54)33(58)39(63-19)67-35-30(55)28(53)23(18-49)64-40(35)68-36-32(57)31(56)34(38(59)60)66-41(36)65-26-10-11-45(5)24(43(26,2)3)9-12-48(8)37(45)22(50)15-20-21-16-46(6,42(61)62)25(51)17-44(21,4)13-14-47(20,48)7/h15,19,21,23-37,39-41,49,51-58H,9-14,16-18H2,1-8H3,(H,59,60)(H,61,62)/t19-,21-,23+,24-,25+,26-,27-,28+,29+,30-,31-,32-,33+,34-,35+,36+,37+,39-,40-,41+,44-,45-,46+,47+,48+/m0/s1. The van der Waals surface area contributed by atoms with Crippen LogP contribution in [-0.4, -0.2) is 185 Å². The molecule has 0 aromatic rings. The molecule has 5 aliphatic carbocycles. The van der Waals surface area contributed by atoms with Crippen molar-refractivity contribution in [2.45, 2.75) is 211 Å². The largest absolute Gasteiger partial charge is 0.481 e. The molecule has 20 nitrogen and oxygen atoms in total. The number of aliphatic hydroxyl groups excluding tert-OH is 9. The van der Waals surface area contributed by atoms with E-state index >= 15 is 4.79 Å². The summed E-state index contributed by atoms with van der Waals surface area (Å²) >= 11 is 0. The van der Waals surface area contributed by atoms with Crippen LogP contribution in [-0.2, 0) is 42.8 Å². The molecule has 0 unspecified atom stereocenters. The molecule has 3 heterocycles. The van der Waals surface area contributed by atoms with Crippen LogP contribution in [0.1, 0.15) is 107 Å². The number of aliphatic carboxylic acids is 2. The minimum Gasteiger partial charge on any atom is -0.481 e. The fourth-order valence-corrected chi connectivity index (χ4v) is 14.9. The summed E-state index contributed by atoms with van der Waals surface area (Å²) in [5.41, 5.74) is -3.07. The summed E-state index contributed by atoms with van der Waals surface area (Å²) in [5.74, 6) is -3.48. The van der Waals surface area contributed by atoms with E-state index in [1.807, 2.05) is 19.9 Å². The minimum absolute atomic E-state index is 0.00994. The first-order valence-corrected chi connectivity index (χ1v) is 24.2. The van der Waals surface area contributed by atoms with Gasteiger partial charge >= 0.3 is 11.9 Å². The van der Waals surface area contributed by atoms with E-state index in [2.05, 4.69) is 27.7 Å². The maximum atomic E-state index is 15.0. The SMILES string of the molecule is C[C@@H]1O[C@@H](O[C@H]2[C@H](O[C@H]3[C@H](O[C@H]4CC[C@]5(C)[C@H]6C(=O)C=C7[C@@H]8C[C@@](C)(C(=O)O)[C@H](O)C[C@]8(C)CC[C@@]7(C)[C@]6(C)CC[C@H]5C4(C)C)O[C@H](C(=O)O)[C@@H](O)[C@@H]3O)O[C@H](CO)[C@@H](O)[C@@H]2O)[C@H](O)[C@H](O)[C@H]1O. The monoisotopic (exact) mass is 970 g/mol. The van der Waals surface area contributed by atoms with Gasteiger partial charge in [0.05, 0.1) is 30.3 Å². The summed E-state index contributed by atoms with van der Waals surface area (Å²) < 4.78 is 36.1. The molecule has 11 N–H and O–H groups in total. The molecule has 0 radical (unpaired) electrons. The van der Waals surface area contributed by atoms with Crippen LogP contribution in [0.5, 0.6) is 0 Å². The average molecular weight is 971 g/mol. The second-order valence-electron chi connectivity index (χ2n) is 23.5. The zero-order valence-corrected chi connectivity index (χ0v) is 40.1. The molecule has 8 rings (SSSR count). The Morgan fingerprint density at radius 3 is 1.93 bits per heavy atom. The number of carboxylic acids is 2. The Kier molecular flexibility index (Phi) is 13.6. The van der Waals surface area contributed by atoms with Crippen molar-refractivity contribution in [2.75, 3.05) is 6.61 Å². The average Bonchev–Trinajstić information content (AvgIpc) is 3.26. The molecule has 386 valence electrons. The maximum absolute atomic E-state index is 15.0. The van der Waals surface area contributed by atoms with Crippen molar-refractivity contribution < 1.29 is 99.0 Å². The van der Waals surface area contributed by atoms with Crippen LogP contribution in [0.3, 0.4) is 0 Å². The van der Waals surface area contributed by atoms with E-state index in [1.54, 1.807) is 6.92 Å².